The zero-order chi connectivity index (χ0) is 8.39. The highest BCUT2D eigenvalue weighted by molar-refractivity contribution is 5.36. The molecule has 2 rings (SSSR count). The van der Waals surface area contributed by atoms with E-state index in [-0.39, 0.29) is 0 Å². The Labute approximate surface area is 69.6 Å². The van der Waals surface area contributed by atoms with Gasteiger partial charge in [-0.05, 0) is 12.1 Å². The first kappa shape index (κ1) is 7.12. The van der Waals surface area contributed by atoms with Gasteiger partial charge in [-0.25, -0.2) is 4.98 Å². The van der Waals surface area contributed by atoms with E-state index in [2.05, 4.69) is 4.98 Å². The maximum absolute atomic E-state index is 5.36. The number of hydrogen-bond acceptors (Lipinski definition) is 4. The van der Waals surface area contributed by atoms with Gasteiger partial charge in [0.15, 0.2) is 11.5 Å². The Balaban J connectivity index is 2.31. The minimum Gasteiger partial charge on any atom is -0.456 e. The Morgan fingerprint density at radius 2 is 2.42 bits per heavy atom. The molecule has 0 amide bonds. The third-order valence-corrected chi connectivity index (χ3v) is 1.48. The van der Waals surface area contributed by atoms with Crippen molar-refractivity contribution >= 4 is 0 Å². The maximum Gasteiger partial charge on any atom is 0.262 e. The van der Waals surface area contributed by atoms with Gasteiger partial charge in [-0.15, -0.1) is 0 Å². The predicted molar refractivity (Wildman–Crippen MR) is 42.6 cm³/mol. The first-order valence-corrected chi connectivity index (χ1v) is 3.59. The van der Waals surface area contributed by atoms with Crippen LogP contribution in [0.2, 0.25) is 0 Å². The molecule has 0 saturated heterocycles. The number of ether oxygens (including phenoxy) is 2. The van der Waals surface area contributed by atoms with Crippen LogP contribution in [-0.2, 0) is 0 Å². The van der Waals surface area contributed by atoms with Crippen LogP contribution in [0.1, 0.15) is 0 Å². The van der Waals surface area contributed by atoms with Crippen molar-refractivity contribution < 1.29 is 9.47 Å². The highest BCUT2D eigenvalue weighted by Gasteiger charge is 2.12. The lowest BCUT2D eigenvalue weighted by atomic mass is 10.4. The molecule has 2 heterocycles. The largest absolute Gasteiger partial charge is 0.456 e. The topological polar surface area (TPSA) is 57.4 Å². The molecule has 0 saturated carbocycles. The molecule has 0 radical (unpaired) electrons. The van der Waals surface area contributed by atoms with Gasteiger partial charge in [-0.3, -0.25) is 0 Å². The van der Waals surface area contributed by atoms with Gasteiger partial charge in [0.25, 0.3) is 5.88 Å². The molecule has 62 valence electrons. The third-order valence-electron chi connectivity index (χ3n) is 1.48. The van der Waals surface area contributed by atoms with Crippen molar-refractivity contribution in [2.24, 2.45) is 5.73 Å². The summed E-state index contributed by atoms with van der Waals surface area (Å²) < 4.78 is 10.5. The third kappa shape index (κ3) is 1.12. The standard InChI is InChI=1S/C8H8N2O2/c9-4-6-5-11-7-2-1-3-10-8(7)12-6/h1-3,5H,4,9H2. The van der Waals surface area contributed by atoms with Crippen LogP contribution in [0.5, 0.6) is 11.6 Å². The molecular weight excluding hydrogens is 156 g/mol. The fraction of sp³-hybridized carbons (Fsp3) is 0.125. The quantitative estimate of drug-likeness (QED) is 0.662. The molecule has 0 bridgehead atoms. The second kappa shape index (κ2) is 2.83. The van der Waals surface area contributed by atoms with Gasteiger partial charge in [-0.2, -0.15) is 0 Å². The average molecular weight is 164 g/mol. The molecule has 1 aliphatic rings. The Bertz CT molecular complexity index is 323. The second-order valence-electron chi connectivity index (χ2n) is 2.31. The Morgan fingerprint density at radius 3 is 3.25 bits per heavy atom. The predicted octanol–water partition coefficient (Wildman–Crippen LogP) is 0.653. The molecule has 0 aliphatic carbocycles. The number of aromatic nitrogens is 1. The number of nitrogens with two attached hydrogens (primary N) is 1. The maximum atomic E-state index is 5.36. The van der Waals surface area contributed by atoms with Crippen LogP contribution in [0.25, 0.3) is 0 Å². The minimum atomic E-state index is 0.315. The highest BCUT2D eigenvalue weighted by atomic mass is 16.6. The van der Waals surface area contributed by atoms with Crippen molar-refractivity contribution in [3.8, 4) is 11.6 Å². The van der Waals surface area contributed by atoms with Crippen LogP contribution in [0.15, 0.2) is 30.4 Å². The summed E-state index contributed by atoms with van der Waals surface area (Å²) in [7, 11) is 0. The van der Waals surface area contributed by atoms with Crippen molar-refractivity contribution in [3.63, 3.8) is 0 Å². The van der Waals surface area contributed by atoms with Gasteiger partial charge >= 0.3 is 0 Å². The molecule has 4 nitrogen and oxygen atoms in total. The first-order valence-electron chi connectivity index (χ1n) is 3.59. The lowest BCUT2D eigenvalue weighted by Gasteiger charge is -2.15. The van der Waals surface area contributed by atoms with Crippen LogP contribution in [-0.4, -0.2) is 11.5 Å². The summed E-state index contributed by atoms with van der Waals surface area (Å²) in [5, 5.41) is 0. The molecule has 0 aromatic carbocycles. The van der Waals surface area contributed by atoms with E-state index in [4.69, 9.17) is 15.2 Å². The van der Waals surface area contributed by atoms with E-state index in [0.29, 0.717) is 23.9 Å². The van der Waals surface area contributed by atoms with Crippen molar-refractivity contribution in [2.45, 2.75) is 0 Å². The van der Waals surface area contributed by atoms with E-state index in [1.807, 2.05) is 0 Å². The molecule has 12 heavy (non-hydrogen) atoms. The van der Waals surface area contributed by atoms with Gasteiger partial charge < -0.3 is 15.2 Å². The average Bonchev–Trinajstić information content (AvgIpc) is 2.17. The Morgan fingerprint density at radius 1 is 1.50 bits per heavy atom. The molecule has 0 atom stereocenters. The normalized spacial score (nSPS) is 13.9. The summed E-state index contributed by atoms with van der Waals surface area (Å²) in [6, 6.07) is 3.57. The van der Waals surface area contributed by atoms with E-state index in [9.17, 15) is 0 Å². The van der Waals surface area contributed by atoms with Gasteiger partial charge in [0.1, 0.15) is 6.26 Å². The van der Waals surface area contributed by atoms with Gasteiger partial charge in [0.2, 0.25) is 0 Å². The van der Waals surface area contributed by atoms with Crippen LogP contribution < -0.4 is 15.2 Å². The van der Waals surface area contributed by atoms with Gasteiger partial charge in [0.05, 0.1) is 6.54 Å². The lowest BCUT2D eigenvalue weighted by Crippen LogP contribution is -2.14. The monoisotopic (exact) mass is 164 g/mol. The zero-order valence-electron chi connectivity index (χ0n) is 6.36. The summed E-state index contributed by atoms with van der Waals surface area (Å²) in [5.74, 6) is 1.68. The van der Waals surface area contributed by atoms with Crippen molar-refractivity contribution in [3.05, 3.63) is 30.4 Å². The summed E-state index contributed by atoms with van der Waals surface area (Å²) in [5.41, 5.74) is 5.36. The fourth-order valence-corrected chi connectivity index (χ4v) is 0.910. The zero-order valence-corrected chi connectivity index (χ0v) is 6.36. The molecule has 0 spiro atoms. The SMILES string of the molecule is NCC1=COc2cccnc2O1. The molecule has 4 heteroatoms. The second-order valence-corrected chi connectivity index (χ2v) is 2.31. The molecule has 2 N–H and O–H groups in total. The molecule has 1 aromatic rings. The Kier molecular flexibility index (Phi) is 1.68. The lowest BCUT2D eigenvalue weighted by molar-refractivity contribution is 0.310. The fourth-order valence-electron chi connectivity index (χ4n) is 0.910. The van der Waals surface area contributed by atoms with Crippen LogP contribution in [0, 0.1) is 0 Å². The van der Waals surface area contributed by atoms with E-state index >= 15 is 0 Å². The van der Waals surface area contributed by atoms with Crippen molar-refractivity contribution in [1.82, 2.24) is 4.98 Å². The van der Waals surface area contributed by atoms with E-state index in [1.165, 1.54) is 6.26 Å². The molecular formula is C8H8N2O2. The molecule has 0 unspecified atom stereocenters. The van der Waals surface area contributed by atoms with E-state index < -0.39 is 0 Å². The van der Waals surface area contributed by atoms with Gasteiger partial charge in [-0.1, -0.05) is 0 Å². The summed E-state index contributed by atoms with van der Waals surface area (Å²) in [6.45, 7) is 0.315. The van der Waals surface area contributed by atoms with Crippen LogP contribution in [0.4, 0.5) is 0 Å². The van der Waals surface area contributed by atoms with E-state index in [0.717, 1.165) is 0 Å². The van der Waals surface area contributed by atoms with Crippen molar-refractivity contribution in [1.29, 1.82) is 0 Å². The summed E-state index contributed by atoms with van der Waals surface area (Å²) in [6.07, 6.45) is 3.13. The van der Waals surface area contributed by atoms with Crippen LogP contribution >= 0.6 is 0 Å². The summed E-state index contributed by atoms with van der Waals surface area (Å²) in [4.78, 5) is 3.97. The first-order chi connectivity index (χ1) is 5.90. The molecule has 0 fully saturated rings. The van der Waals surface area contributed by atoms with Crippen LogP contribution in [0.3, 0.4) is 0 Å². The number of hydrogen-bond donors (Lipinski definition) is 1. The van der Waals surface area contributed by atoms with Crippen molar-refractivity contribution in [2.75, 3.05) is 6.54 Å². The highest BCUT2D eigenvalue weighted by Crippen LogP contribution is 2.28. The Hall–Kier alpha value is -1.55. The molecule has 1 aliphatic heterocycles. The number of pyridine rings is 1. The minimum absolute atomic E-state index is 0.315. The molecule has 1 aromatic heterocycles. The number of nitrogens with zero attached hydrogens (tertiary/aromatic N) is 1. The van der Waals surface area contributed by atoms with E-state index in [1.54, 1.807) is 18.3 Å². The number of fused-ring (bicyclic) bond motifs is 1. The number of rotatable bonds is 1. The van der Waals surface area contributed by atoms with Gasteiger partial charge in [0, 0.05) is 6.20 Å². The smallest absolute Gasteiger partial charge is 0.262 e. The summed E-state index contributed by atoms with van der Waals surface area (Å²) >= 11 is 0.